The molecule has 1 aromatic rings. The second kappa shape index (κ2) is 6.84. The van der Waals surface area contributed by atoms with Crippen LogP contribution in [0.2, 0.25) is 0 Å². The maximum absolute atomic E-state index is 11.9. The van der Waals surface area contributed by atoms with Crippen molar-refractivity contribution >= 4 is 17.7 Å². The van der Waals surface area contributed by atoms with E-state index < -0.39 is 30.2 Å². The molecule has 0 aliphatic rings. The maximum atomic E-state index is 11.9. The van der Waals surface area contributed by atoms with Crippen LogP contribution in [0.25, 0.3) is 0 Å². The Bertz CT molecular complexity index is 513. The van der Waals surface area contributed by atoms with E-state index in [1.165, 1.54) is 6.92 Å². The van der Waals surface area contributed by atoms with Gasteiger partial charge in [-0.1, -0.05) is 25.1 Å². The lowest BCUT2D eigenvalue weighted by atomic mass is 10.0. The Labute approximate surface area is 117 Å². The lowest BCUT2D eigenvalue weighted by Crippen LogP contribution is -2.22. The molecule has 1 rings (SSSR count). The van der Waals surface area contributed by atoms with Crippen LogP contribution in [-0.2, 0) is 14.3 Å². The second-order valence-electron chi connectivity index (χ2n) is 4.81. The first-order valence-corrected chi connectivity index (χ1v) is 6.30. The number of Topliss-reactive ketones (excluding diaryl/α,β-unsaturated/α-hetero) is 1. The summed E-state index contributed by atoms with van der Waals surface area (Å²) in [5, 5.41) is 8.60. The summed E-state index contributed by atoms with van der Waals surface area (Å²) in [5.74, 6) is -2.67. The number of benzene rings is 1. The first-order chi connectivity index (χ1) is 9.32. The van der Waals surface area contributed by atoms with Crippen LogP contribution in [0.5, 0.6) is 0 Å². The van der Waals surface area contributed by atoms with E-state index in [1.807, 2.05) is 6.07 Å². The third-order valence-corrected chi connectivity index (χ3v) is 3.06. The van der Waals surface area contributed by atoms with Gasteiger partial charge in [-0.05, 0) is 25.0 Å². The Hall–Kier alpha value is -2.17. The van der Waals surface area contributed by atoms with Crippen LogP contribution in [0, 0.1) is 19.8 Å². The van der Waals surface area contributed by atoms with Crippen molar-refractivity contribution in [3.05, 3.63) is 34.9 Å². The number of aliphatic carboxylic acids is 1. The number of carbonyl (C=O) groups excluding carboxylic acids is 2. The summed E-state index contributed by atoms with van der Waals surface area (Å²) < 4.78 is 4.97. The molecule has 0 aliphatic heterocycles. The highest BCUT2D eigenvalue weighted by atomic mass is 16.5. The van der Waals surface area contributed by atoms with Gasteiger partial charge in [0, 0.05) is 5.92 Å². The maximum Gasteiger partial charge on any atom is 0.339 e. The van der Waals surface area contributed by atoms with Gasteiger partial charge in [-0.2, -0.15) is 0 Å². The third-order valence-electron chi connectivity index (χ3n) is 3.06. The molecule has 0 fully saturated rings. The summed E-state index contributed by atoms with van der Waals surface area (Å²) in [7, 11) is 0. The number of hydrogen-bond acceptors (Lipinski definition) is 4. The molecule has 20 heavy (non-hydrogen) atoms. The molecule has 5 heteroatoms. The fourth-order valence-electron chi connectivity index (χ4n) is 1.86. The van der Waals surface area contributed by atoms with Crippen LogP contribution in [0.4, 0.5) is 0 Å². The Morgan fingerprint density at radius 1 is 1.20 bits per heavy atom. The van der Waals surface area contributed by atoms with Crippen LogP contribution in [0.1, 0.15) is 34.8 Å². The highest BCUT2D eigenvalue weighted by Crippen LogP contribution is 2.15. The molecule has 0 radical (unpaired) electrons. The lowest BCUT2D eigenvalue weighted by molar-refractivity contribution is -0.140. The minimum atomic E-state index is -1.05. The Kier molecular flexibility index (Phi) is 5.43. The number of ketones is 1. The SMILES string of the molecule is Cc1cccc(C)c1C(=O)OCC(=O)C(C)CC(=O)O. The van der Waals surface area contributed by atoms with Gasteiger partial charge in [0.25, 0.3) is 0 Å². The van der Waals surface area contributed by atoms with E-state index in [2.05, 4.69) is 0 Å². The summed E-state index contributed by atoms with van der Waals surface area (Å²) in [5.41, 5.74) is 2.01. The number of aryl methyl sites for hydroxylation is 2. The molecular weight excluding hydrogens is 260 g/mol. The van der Waals surface area contributed by atoms with Gasteiger partial charge < -0.3 is 9.84 Å². The van der Waals surface area contributed by atoms with Crippen molar-refractivity contribution in [2.24, 2.45) is 5.92 Å². The number of carbonyl (C=O) groups is 3. The molecule has 108 valence electrons. The van der Waals surface area contributed by atoms with Crippen molar-refractivity contribution in [1.82, 2.24) is 0 Å². The van der Waals surface area contributed by atoms with Gasteiger partial charge in [-0.3, -0.25) is 9.59 Å². The fourth-order valence-corrected chi connectivity index (χ4v) is 1.86. The molecule has 0 aromatic heterocycles. The smallest absolute Gasteiger partial charge is 0.339 e. The zero-order valence-electron chi connectivity index (χ0n) is 11.8. The Balaban J connectivity index is 2.64. The van der Waals surface area contributed by atoms with E-state index in [-0.39, 0.29) is 6.42 Å². The lowest BCUT2D eigenvalue weighted by Gasteiger charge is -2.11. The predicted molar refractivity (Wildman–Crippen MR) is 72.6 cm³/mol. The van der Waals surface area contributed by atoms with Gasteiger partial charge in [0.2, 0.25) is 0 Å². The van der Waals surface area contributed by atoms with Crippen molar-refractivity contribution in [2.75, 3.05) is 6.61 Å². The first kappa shape index (κ1) is 15.9. The molecular formula is C15H18O5. The van der Waals surface area contributed by atoms with Crippen molar-refractivity contribution in [2.45, 2.75) is 27.2 Å². The average molecular weight is 278 g/mol. The molecule has 1 atom stereocenters. The second-order valence-corrected chi connectivity index (χ2v) is 4.81. The summed E-state index contributed by atoms with van der Waals surface area (Å²) in [4.78, 5) is 34.1. The van der Waals surface area contributed by atoms with Crippen LogP contribution in [-0.4, -0.2) is 29.4 Å². The van der Waals surface area contributed by atoms with Crippen LogP contribution in [0.15, 0.2) is 18.2 Å². The molecule has 5 nitrogen and oxygen atoms in total. The van der Waals surface area contributed by atoms with Crippen molar-refractivity contribution in [1.29, 1.82) is 0 Å². The summed E-state index contributed by atoms with van der Waals surface area (Å²) in [6.07, 6.45) is -0.264. The standard InChI is InChI=1S/C15H18O5/c1-9-5-4-6-10(2)14(9)15(19)20-8-12(16)11(3)7-13(17)18/h4-6,11H,7-8H2,1-3H3,(H,17,18). The number of ether oxygens (including phenoxy) is 1. The van der Waals surface area contributed by atoms with Crippen LogP contribution >= 0.6 is 0 Å². The summed E-state index contributed by atoms with van der Waals surface area (Å²) >= 11 is 0. The third kappa shape index (κ3) is 4.19. The van der Waals surface area contributed by atoms with Crippen molar-refractivity contribution in [3.63, 3.8) is 0 Å². The normalized spacial score (nSPS) is 11.8. The van der Waals surface area contributed by atoms with E-state index in [1.54, 1.807) is 26.0 Å². The van der Waals surface area contributed by atoms with E-state index in [0.29, 0.717) is 5.56 Å². The molecule has 0 saturated heterocycles. The molecule has 0 bridgehead atoms. The van der Waals surface area contributed by atoms with Crippen LogP contribution < -0.4 is 0 Å². The number of esters is 1. The Morgan fingerprint density at radius 2 is 1.75 bits per heavy atom. The minimum absolute atomic E-state index is 0.264. The molecule has 0 amide bonds. The van der Waals surface area contributed by atoms with E-state index >= 15 is 0 Å². The zero-order chi connectivity index (χ0) is 15.3. The topological polar surface area (TPSA) is 80.7 Å². The molecule has 0 heterocycles. The monoisotopic (exact) mass is 278 g/mol. The van der Waals surface area contributed by atoms with E-state index in [9.17, 15) is 14.4 Å². The van der Waals surface area contributed by atoms with Gasteiger partial charge in [-0.15, -0.1) is 0 Å². The van der Waals surface area contributed by atoms with Gasteiger partial charge in [-0.25, -0.2) is 4.79 Å². The van der Waals surface area contributed by atoms with Gasteiger partial charge in [0.15, 0.2) is 12.4 Å². The van der Waals surface area contributed by atoms with Gasteiger partial charge in [0.1, 0.15) is 0 Å². The highest BCUT2D eigenvalue weighted by molar-refractivity contribution is 5.94. The molecule has 1 unspecified atom stereocenters. The molecule has 0 aliphatic carbocycles. The average Bonchev–Trinajstić information content (AvgIpc) is 2.34. The first-order valence-electron chi connectivity index (χ1n) is 6.30. The number of carboxylic acids is 1. The Morgan fingerprint density at radius 3 is 2.25 bits per heavy atom. The number of carboxylic acid groups (broad SMARTS) is 1. The van der Waals surface area contributed by atoms with Crippen molar-refractivity contribution in [3.8, 4) is 0 Å². The summed E-state index contributed by atoms with van der Waals surface area (Å²) in [6.45, 7) is 4.68. The highest BCUT2D eigenvalue weighted by Gasteiger charge is 2.20. The van der Waals surface area contributed by atoms with E-state index in [4.69, 9.17) is 9.84 Å². The molecule has 0 spiro atoms. The largest absolute Gasteiger partial charge is 0.481 e. The van der Waals surface area contributed by atoms with Gasteiger partial charge >= 0.3 is 11.9 Å². The predicted octanol–water partition coefficient (Wildman–Crippen LogP) is 2.14. The van der Waals surface area contributed by atoms with E-state index in [0.717, 1.165) is 11.1 Å². The molecule has 1 aromatic carbocycles. The fraction of sp³-hybridized carbons (Fsp3) is 0.400. The zero-order valence-corrected chi connectivity index (χ0v) is 11.8. The molecule has 0 saturated carbocycles. The molecule has 1 N–H and O–H groups in total. The minimum Gasteiger partial charge on any atom is -0.481 e. The van der Waals surface area contributed by atoms with Gasteiger partial charge in [0.05, 0.1) is 12.0 Å². The number of rotatable bonds is 6. The quantitative estimate of drug-likeness (QED) is 0.806. The van der Waals surface area contributed by atoms with Crippen molar-refractivity contribution < 1.29 is 24.2 Å². The summed E-state index contributed by atoms with van der Waals surface area (Å²) in [6, 6.07) is 5.42. The van der Waals surface area contributed by atoms with Crippen LogP contribution in [0.3, 0.4) is 0 Å². The number of hydrogen-bond donors (Lipinski definition) is 1.